The van der Waals surface area contributed by atoms with E-state index >= 15 is 0 Å². The summed E-state index contributed by atoms with van der Waals surface area (Å²) < 4.78 is 1.78. The van der Waals surface area contributed by atoms with Crippen LogP contribution in [0.5, 0.6) is 0 Å². The number of nitrogens with zero attached hydrogens (tertiary/aromatic N) is 2. The fraction of sp³-hybridized carbons (Fsp3) is 0.400. The first kappa shape index (κ1) is 12.8. The van der Waals surface area contributed by atoms with E-state index in [-0.39, 0.29) is 0 Å². The van der Waals surface area contributed by atoms with Gasteiger partial charge in [0.05, 0.1) is 6.20 Å². The molecular weight excluding hydrogens is 224 g/mol. The molecular formula is C15H20N2O. The number of aliphatic hydroxyl groups is 1. The Labute approximate surface area is 108 Å². The zero-order chi connectivity index (χ0) is 13.1. The summed E-state index contributed by atoms with van der Waals surface area (Å²) in [4.78, 5) is 0. The summed E-state index contributed by atoms with van der Waals surface area (Å²) in [6.07, 6.45) is 3.38. The van der Waals surface area contributed by atoms with Crippen molar-refractivity contribution in [2.75, 3.05) is 0 Å². The van der Waals surface area contributed by atoms with Gasteiger partial charge >= 0.3 is 0 Å². The lowest BCUT2D eigenvalue weighted by atomic mass is 10.00. The van der Waals surface area contributed by atoms with E-state index in [0.717, 1.165) is 29.7 Å². The molecule has 0 aliphatic heterocycles. The molecule has 0 bridgehead atoms. The molecule has 0 radical (unpaired) electrons. The summed E-state index contributed by atoms with van der Waals surface area (Å²) in [5.41, 5.74) is 4.11. The second-order valence-corrected chi connectivity index (χ2v) is 4.70. The van der Waals surface area contributed by atoms with Crippen LogP contribution >= 0.6 is 0 Å². The van der Waals surface area contributed by atoms with Crippen molar-refractivity contribution in [1.82, 2.24) is 9.78 Å². The average Bonchev–Trinajstić information content (AvgIpc) is 2.71. The predicted molar refractivity (Wildman–Crippen MR) is 72.4 cm³/mol. The minimum absolute atomic E-state index is 0.589. The minimum Gasteiger partial charge on any atom is -0.384 e. The van der Waals surface area contributed by atoms with Gasteiger partial charge in [-0.3, -0.25) is 4.68 Å². The van der Waals surface area contributed by atoms with Crippen molar-refractivity contribution in [1.29, 1.82) is 0 Å². The molecule has 0 amide bonds. The van der Waals surface area contributed by atoms with Crippen LogP contribution in [0.25, 0.3) is 0 Å². The van der Waals surface area contributed by atoms with Crippen LogP contribution in [0, 0.1) is 6.92 Å². The molecule has 1 heterocycles. The molecule has 0 aliphatic carbocycles. The molecule has 2 aromatic rings. The molecule has 3 heteroatoms. The SMILES string of the molecule is CCCc1ccc(C(O)c2cnn(C)c2C)cc1. The summed E-state index contributed by atoms with van der Waals surface area (Å²) in [7, 11) is 1.88. The van der Waals surface area contributed by atoms with Crippen molar-refractivity contribution in [2.45, 2.75) is 32.8 Å². The molecule has 0 aliphatic rings. The van der Waals surface area contributed by atoms with Crippen LogP contribution in [0.3, 0.4) is 0 Å². The van der Waals surface area contributed by atoms with E-state index < -0.39 is 6.10 Å². The van der Waals surface area contributed by atoms with Crippen LogP contribution < -0.4 is 0 Å². The first-order chi connectivity index (χ1) is 8.63. The molecule has 0 saturated heterocycles. The Hall–Kier alpha value is -1.61. The quantitative estimate of drug-likeness (QED) is 0.898. The Morgan fingerprint density at radius 2 is 1.94 bits per heavy atom. The highest BCUT2D eigenvalue weighted by molar-refractivity contribution is 5.32. The maximum Gasteiger partial charge on any atom is 0.107 e. The van der Waals surface area contributed by atoms with E-state index in [9.17, 15) is 5.11 Å². The molecule has 1 unspecified atom stereocenters. The van der Waals surface area contributed by atoms with Gasteiger partial charge < -0.3 is 5.11 Å². The van der Waals surface area contributed by atoms with Gasteiger partial charge in [-0.1, -0.05) is 37.6 Å². The molecule has 18 heavy (non-hydrogen) atoms. The average molecular weight is 244 g/mol. The minimum atomic E-state index is -0.589. The van der Waals surface area contributed by atoms with Gasteiger partial charge in [0.2, 0.25) is 0 Å². The molecule has 1 N–H and O–H groups in total. The topological polar surface area (TPSA) is 38.1 Å². The molecule has 3 nitrogen and oxygen atoms in total. The fourth-order valence-electron chi connectivity index (χ4n) is 2.12. The van der Waals surface area contributed by atoms with E-state index in [2.05, 4.69) is 24.2 Å². The zero-order valence-corrected chi connectivity index (χ0v) is 11.2. The van der Waals surface area contributed by atoms with Gasteiger partial charge in [-0.15, -0.1) is 0 Å². The summed E-state index contributed by atoms with van der Waals surface area (Å²) >= 11 is 0. The Morgan fingerprint density at radius 1 is 1.28 bits per heavy atom. The van der Waals surface area contributed by atoms with Gasteiger partial charge in [-0.2, -0.15) is 5.10 Å². The van der Waals surface area contributed by atoms with E-state index in [0.29, 0.717) is 0 Å². The molecule has 1 atom stereocenters. The van der Waals surface area contributed by atoms with Crippen LogP contribution in [0.1, 0.15) is 41.8 Å². The summed E-state index contributed by atoms with van der Waals surface area (Å²) in [6, 6.07) is 8.19. The predicted octanol–water partition coefficient (Wildman–Crippen LogP) is 2.76. The van der Waals surface area contributed by atoms with Crippen LogP contribution in [-0.4, -0.2) is 14.9 Å². The highest BCUT2D eigenvalue weighted by atomic mass is 16.3. The number of aryl methyl sites for hydroxylation is 2. The summed E-state index contributed by atoms with van der Waals surface area (Å²) in [5, 5.41) is 14.5. The van der Waals surface area contributed by atoms with Crippen molar-refractivity contribution < 1.29 is 5.11 Å². The van der Waals surface area contributed by atoms with Crippen molar-refractivity contribution in [3.05, 3.63) is 52.8 Å². The Bertz CT molecular complexity index is 514. The molecule has 1 aromatic carbocycles. The maximum absolute atomic E-state index is 10.4. The normalized spacial score (nSPS) is 12.7. The van der Waals surface area contributed by atoms with Gasteiger partial charge in [-0.25, -0.2) is 0 Å². The largest absolute Gasteiger partial charge is 0.384 e. The zero-order valence-electron chi connectivity index (χ0n) is 11.2. The Balaban J connectivity index is 2.23. The lowest BCUT2D eigenvalue weighted by molar-refractivity contribution is 0.219. The van der Waals surface area contributed by atoms with Gasteiger partial charge in [-0.05, 0) is 24.5 Å². The van der Waals surface area contributed by atoms with Gasteiger partial charge in [0.15, 0.2) is 0 Å². The molecule has 0 spiro atoms. The Morgan fingerprint density at radius 3 is 2.44 bits per heavy atom. The smallest absolute Gasteiger partial charge is 0.107 e. The maximum atomic E-state index is 10.4. The molecule has 1 aromatic heterocycles. The third-order valence-electron chi connectivity index (χ3n) is 3.40. The van der Waals surface area contributed by atoms with E-state index in [1.807, 2.05) is 26.1 Å². The number of aromatic nitrogens is 2. The fourth-order valence-corrected chi connectivity index (χ4v) is 2.12. The van der Waals surface area contributed by atoms with Crippen molar-refractivity contribution in [3.63, 3.8) is 0 Å². The lowest BCUT2D eigenvalue weighted by Crippen LogP contribution is -2.02. The summed E-state index contributed by atoms with van der Waals surface area (Å²) in [6.45, 7) is 4.14. The number of hydrogen-bond donors (Lipinski definition) is 1. The molecule has 0 saturated carbocycles. The number of benzene rings is 1. The molecule has 0 fully saturated rings. The Kier molecular flexibility index (Phi) is 3.82. The van der Waals surface area contributed by atoms with E-state index in [1.54, 1.807) is 10.9 Å². The van der Waals surface area contributed by atoms with Crippen LogP contribution in [0.15, 0.2) is 30.5 Å². The highest BCUT2D eigenvalue weighted by Gasteiger charge is 2.15. The van der Waals surface area contributed by atoms with Crippen LogP contribution in [0.2, 0.25) is 0 Å². The number of aliphatic hydroxyl groups excluding tert-OH is 1. The van der Waals surface area contributed by atoms with Crippen molar-refractivity contribution in [3.8, 4) is 0 Å². The monoisotopic (exact) mass is 244 g/mol. The second kappa shape index (κ2) is 5.36. The molecule has 2 rings (SSSR count). The van der Waals surface area contributed by atoms with Crippen molar-refractivity contribution in [2.24, 2.45) is 7.05 Å². The van der Waals surface area contributed by atoms with Crippen LogP contribution in [0.4, 0.5) is 0 Å². The lowest BCUT2D eigenvalue weighted by Gasteiger charge is -2.11. The van der Waals surface area contributed by atoms with Crippen LogP contribution in [-0.2, 0) is 13.5 Å². The van der Waals surface area contributed by atoms with Crippen molar-refractivity contribution >= 4 is 0 Å². The molecule has 96 valence electrons. The third-order valence-corrected chi connectivity index (χ3v) is 3.40. The van der Waals surface area contributed by atoms with Gasteiger partial charge in [0.1, 0.15) is 6.10 Å². The van der Waals surface area contributed by atoms with Gasteiger partial charge in [0.25, 0.3) is 0 Å². The number of rotatable bonds is 4. The van der Waals surface area contributed by atoms with E-state index in [1.165, 1.54) is 5.56 Å². The van der Waals surface area contributed by atoms with Gasteiger partial charge in [0, 0.05) is 18.3 Å². The standard InChI is InChI=1S/C15H20N2O/c1-4-5-12-6-8-13(9-7-12)15(18)14-10-16-17(3)11(14)2/h6-10,15,18H,4-5H2,1-3H3. The highest BCUT2D eigenvalue weighted by Crippen LogP contribution is 2.24. The number of hydrogen-bond acceptors (Lipinski definition) is 2. The third kappa shape index (κ3) is 2.46. The van der Waals surface area contributed by atoms with E-state index in [4.69, 9.17) is 0 Å². The summed E-state index contributed by atoms with van der Waals surface area (Å²) in [5.74, 6) is 0. The first-order valence-electron chi connectivity index (χ1n) is 6.39. The second-order valence-electron chi connectivity index (χ2n) is 4.70. The first-order valence-corrected chi connectivity index (χ1v) is 6.39.